The van der Waals surface area contributed by atoms with Crippen molar-refractivity contribution in [1.29, 1.82) is 0 Å². The second kappa shape index (κ2) is 8.82. The number of ether oxygens (including phenoxy) is 2. The Morgan fingerprint density at radius 1 is 1.15 bits per heavy atom. The Morgan fingerprint density at radius 3 is 2.40 bits per heavy atom. The molecule has 0 fully saturated rings. The summed E-state index contributed by atoms with van der Waals surface area (Å²) in [5.74, 6) is 1.57. The molecule has 0 saturated carbocycles. The van der Waals surface area contributed by atoms with E-state index in [0.29, 0.717) is 13.2 Å². The van der Waals surface area contributed by atoms with Gasteiger partial charge < -0.3 is 19.9 Å². The zero-order chi connectivity index (χ0) is 14.8. The first-order chi connectivity index (χ1) is 9.59. The second-order valence-corrected chi connectivity index (χ2v) is 5.54. The zero-order valence-electron chi connectivity index (χ0n) is 12.8. The predicted molar refractivity (Wildman–Crippen MR) is 81.5 cm³/mol. The molecule has 0 heterocycles. The van der Waals surface area contributed by atoms with Gasteiger partial charge in [-0.25, -0.2) is 0 Å². The summed E-state index contributed by atoms with van der Waals surface area (Å²) in [5.41, 5.74) is 0.109. The molecular weight excluding hydrogens is 254 g/mol. The van der Waals surface area contributed by atoms with Gasteiger partial charge in [-0.2, -0.15) is 0 Å². The van der Waals surface area contributed by atoms with Crippen LogP contribution in [0.25, 0.3) is 0 Å². The van der Waals surface area contributed by atoms with E-state index in [1.807, 2.05) is 31.2 Å². The third-order valence-corrected chi connectivity index (χ3v) is 3.08. The highest BCUT2D eigenvalue weighted by atomic mass is 16.5. The molecule has 4 nitrogen and oxygen atoms in total. The van der Waals surface area contributed by atoms with Crippen LogP contribution in [0.3, 0.4) is 0 Å². The summed E-state index contributed by atoms with van der Waals surface area (Å²) < 4.78 is 11.2. The summed E-state index contributed by atoms with van der Waals surface area (Å²) in [5, 5.41) is 12.3. The van der Waals surface area contributed by atoms with Crippen molar-refractivity contribution in [2.45, 2.75) is 27.2 Å². The average molecular weight is 281 g/mol. The molecule has 0 aliphatic heterocycles. The maximum Gasteiger partial charge on any atom is 0.161 e. The third-order valence-electron chi connectivity index (χ3n) is 3.08. The van der Waals surface area contributed by atoms with Gasteiger partial charge in [0.05, 0.1) is 6.61 Å². The predicted octanol–water partition coefficient (Wildman–Crippen LogP) is 2.46. The number of benzene rings is 1. The Labute approximate surface area is 122 Å². The molecule has 0 aromatic heterocycles. The molecule has 4 heteroatoms. The van der Waals surface area contributed by atoms with Crippen molar-refractivity contribution >= 4 is 0 Å². The van der Waals surface area contributed by atoms with Gasteiger partial charge in [0, 0.05) is 19.7 Å². The van der Waals surface area contributed by atoms with Gasteiger partial charge in [0.25, 0.3) is 0 Å². The maximum atomic E-state index is 8.97. The van der Waals surface area contributed by atoms with Crippen molar-refractivity contribution in [3.8, 4) is 11.5 Å². The third kappa shape index (κ3) is 6.26. The number of hydrogen-bond acceptors (Lipinski definition) is 4. The number of aliphatic hydroxyl groups is 1. The van der Waals surface area contributed by atoms with Crippen molar-refractivity contribution in [2.75, 3.05) is 32.9 Å². The van der Waals surface area contributed by atoms with Gasteiger partial charge in [-0.05, 0) is 30.9 Å². The molecule has 0 bridgehead atoms. The molecule has 1 rings (SSSR count). The second-order valence-electron chi connectivity index (χ2n) is 5.54. The molecule has 20 heavy (non-hydrogen) atoms. The highest BCUT2D eigenvalue weighted by Crippen LogP contribution is 2.26. The summed E-state index contributed by atoms with van der Waals surface area (Å²) in [7, 11) is 0. The number of para-hydroxylation sites is 2. The molecule has 0 amide bonds. The van der Waals surface area contributed by atoms with E-state index in [4.69, 9.17) is 14.6 Å². The zero-order valence-corrected chi connectivity index (χ0v) is 12.8. The normalized spacial score (nSPS) is 11.4. The van der Waals surface area contributed by atoms with Crippen molar-refractivity contribution in [3.63, 3.8) is 0 Å². The summed E-state index contributed by atoms with van der Waals surface area (Å²) in [4.78, 5) is 0. The first-order valence-electron chi connectivity index (χ1n) is 7.25. The first kappa shape index (κ1) is 16.8. The minimum atomic E-state index is 0.109. The van der Waals surface area contributed by atoms with Gasteiger partial charge in [0.15, 0.2) is 11.5 Å². The lowest BCUT2D eigenvalue weighted by molar-refractivity contribution is 0.203. The van der Waals surface area contributed by atoms with Crippen LogP contribution in [0, 0.1) is 5.41 Å². The number of rotatable bonds is 10. The van der Waals surface area contributed by atoms with E-state index < -0.39 is 0 Å². The van der Waals surface area contributed by atoms with Crippen LogP contribution in [0.1, 0.15) is 27.2 Å². The van der Waals surface area contributed by atoms with E-state index in [0.717, 1.165) is 31.0 Å². The number of hydrogen-bond donors (Lipinski definition) is 2. The highest BCUT2D eigenvalue weighted by molar-refractivity contribution is 5.39. The van der Waals surface area contributed by atoms with Crippen LogP contribution in [0.2, 0.25) is 0 Å². The Balaban J connectivity index is 2.28. The van der Waals surface area contributed by atoms with Gasteiger partial charge >= 0.3 is 0 Å². The monoisotopic (exact) mass is 281 g/mol. The summed E-state index contributed by atoms with van der Waals surface area (Å²) in [6.45, 7) is 9.34. The van der Waals surface area contributed by atoms with Crippen molar-refractivity contribution < 1.29 is 14.6 Å². The fraction of sp³-hybridized carbons (Fsp3) is 0.625. The van der Waals surface area contributed by atoms with Gasteiger partial charge in [-0.15, -0.1) is 0 Å². The first-order valence-corrected chi connectivity index (χ1v) is 7.25. The molecule has 0 unspecified atom stereocenters. The fourth-order valence-electron chi connectivity index (χ4n) is 1.90. The quantitative estimate of drug-likeness (QED) is 0.647. The maximum absolute atomic E-state index is 8.97. The fourth-order valence-corrected chi connectivity index (χ4v) is 1.90. The molecule has 0 aliphatic rings. The van der Waals surface area contributed by atoms with E-state index in [-0.39, 0.29) is 12.0 Å². The van der Waals surface area contributed by atoms with Crippen LogP contribution < -0.4 is 14.8 Å². The summed E-state index contributed by atoms with van der Waals surface area (Å²) in [6, 6.07) is 7.71. The Kier molecular flexibility index (Phi) is 7.41. The molecule has 0 spiro atoms. The van der Waals surface area contributed by atoms with Crippen molar-refractivity contribution in [2.24, 2.45) is 5.41 Å². The van der Waals surface area contributed by atoms with Crippen LogP contribution in [-0.4, -0.2) is 38.0 Å². The summed E-state index contributed by atoms with van der Waals surface area (Å²) in [6.07, 6.45) is 0.800. The Morgan fingerprint density at radius 2 is 1.80 bits per heavy atom. The van der Waals surface area contributed by atoms with Gasteiger partial charge in [0.2, 0.25) is 0 Å². The van der Waals surface area contributed by atoms with E-state index in [2.05, 4.69) is 19.2 Å². The van der Waals surface area contributed by atoms with E-state index in [1.54, 1.807) is 0 Å². The Hall–Kier alpha value is -1.26. The lowest BCUT2D eigenvalue weighted by atomic mass is 9.90. The smallest absolute Gasteiger partial charge is 0.161 e. The average Bonchev–Trinajstić information content (AvgIpc) is 2.40. The molecular formula is C16H27NO3. The lowest BCUT2D eigenvalue weighted by Gasteiger charge is -2.24. The van der Waals surface area contributed by atoms with Gasteiger partial charge in [-0.3, -0.25) is 0 Å². The Bertz CT molecular complexity index is 380. The molecule has 1 aromatic carbocycles. The summed E-state index contributed by atoms with van der Waals surface area (Å²) >= 11 is 0. The SMILES string of the molecule is CCOc1ccccc1OCCNCC(C)(C)CCO. The van der Waals surface area contributed by atoms with E-state index in [9.17, 15) is 0 Å². The molecule has 1 aromatic rings. The molecule has 0 aliphatic carbocycles. The standard InChI is InChI=1S/C16H27NO3/c1-4-19-14-7-5-6-8-15(14)20-12-10-17-13-16(2,3)9-11-18/h5-8,17-18H,4,9-13H2,1-3H3. The van der Waals surface area contributed by atoms with Crippen LogP contribution in [0.4, 0.5) is 0 Å². The highest BCUT2D eigenvalue weighted by Gasteiger charge is 2.16. The minimum Gasteiger partial charge on any atom is -0.490 e. The van der Waals surface area contributed by atoms with Crippen LogP contribution in [0.15, 0.2) is 24.3 Å². The van der Waals surface area contributed by atoms with Gasteiger partial charge in [0.1, 0.15) is 6.61 Å². The molecule has 114 valence electrons. The minimum absolute atomic E-state index is 0.109. The van der Waals surface area contributed by atoms with Crippen molar-refractivity contribution in [1.82, 2.24) is 5.32 Å². The van der Waals surface area contributed by atoms with E-state index in [1.165, 1.54) is 0 Å². The van der Waals surface area contributed by atoms with Crippen LogP contribution in [-0.2, 0) is 0 Å². The molecule has 0 radical (unpaired) electrons. The molecule has 2 N–H and O–H groups in total. The largest absolute Gasteiger partial charge is 0.490 e. The molecule has 0 atom stereocenters. The van der Waals surface area contributed by atoms with Gasteiger partial charge in [-0.1, -0.05) is 26.0 Å². The number of nitrogens with one attached hydrogen (secondary N) is 1. The number of aliphatic hydroxyl groups excluding tert-OH is 1. The van der Waals surface area contributed by atoms with Crippen LogP contribution >= 0.6 is 0 Å². The van der Waals surface area contributed by atoms with Crippen LogP contribution in [0.5, 0.6) is 11.5 Å². The van der Waals surface area contributed by atoms with Crippen molar-refractivity contribution in [3.05, 3.63) is 24.3 Å². The lowest BCUT2D eigenvalue weighted by Crippen LogP contribution is -2.32. The molecule has 0 saturated heterocycles. The van der Waals surface area contributed by atoms with E-state index >= 15 is 0 Å². The topological polar surface area (TPSA) is 50.7 Å².